The van der Waals surface area contributed by atoms with Gasteiger partial charge in [0.2, 0.25) is 0 Å². The summed E-state index contributed by atoms with van der Waals surface area (Å²) < 4.78 is 12.6. The predicted molar refractivity (Wildman–Crippen MR) is 59.6 cm³/mol. The number of hydrogen-bond acceptors (Lipinski definition) is 1. The lowest BCUT2D eigenvalue weighted by Gasteiger charge is -2.04. The molecule has 1 radical (unpaired) electrons. The van der Waals surface area contributed by atoms with E-state index in [1.54, 1.807) is 24.3 Å². The van der Waals surface area contributed by atoms with E-state index >= 15 is 0 Å². The van der Waals surface area contributed by atoms with E-state index < -0.39 is 0 Å². The Bertz CT molecular complexity index is 479. The molecule has 0 fully saturated rings. The molecule has 0 heterocycles. The summed E-state index contributed by atoms with van der Waals surface area (Å²) in [6, 6.07) is 15.1. The van der Waals surface area contributed by atoms with E-state index in [1.165, 1.54) is 24.3 Å². The van der Waals surface area contributed by atoms with E-state index in [-0.39, 0.29) is 11.7 Å². The molecule has 0 bridgehead atoms. The van der Waals surface area contributed by atoms with Crippen molar-refractivity contribution in [2.24, 2.45) is 0 Å². The second-order valence-corrected chi connectivity index (χ2v) is 3.25. The molecule has 2 aromatic rings. The lowest BCUT2D eigenvalue weighted by molar-refractivity contribution is 0.102. The number of nitrogens with one attached hydrogen (secondary N) is 1. The number of carbonyl (C=O) groups excluding carboxylic acids is 1. The van der Waals surface area contributed by atoms with Crippen LogP contribution in [-0.4, -0.2) is 5.91 Å². The van der Waals surface area contributed by atoms with Gasteiger partial charge in [-0.25, -0.2) is 4.39 Å². The average Bonchev–Trinajstić information content (AvgIpc) is 2.33. The van der Waals surface area contributed by atoms with Gasteiger partial charge >= 0.3 is 0 Å². The summed E-state index contributed by atoms with van der Waals surface area (Å²) in [5.41, 5.74) is 1.11. The van der Waals surface area contributed by atoms with Crippen molar-refractivity contribution in [1.82, 2.24) is 0 Å². The summed E-state index contributed by atoms with van der Waals surface area (Å²) in [4.78, 5) is 11.7. The molecule has 0 spiro atoms. The number of rotatable bonds is 2. The summed E-state index contributed by atoms with van der Waals surface area (Å²) in [5.74, 6) is -0.548. The fourth-order valence-electron chi connectivity index (χ4n) is 1.27. The van der Waals surface area contributed by atoms with Crippen molar-refractivity contribution in [3.8, 4) is 0 Å². The maximum Gasteiger partial charge on any atom is 0.255 e. The minimum Gasteiger partial charge on any atom is -0.322 e. The molecular weight excluding hydrogens is 205 g/mol. The van der Waals surface area contributed by atoms with Crippen molar-refractivity contribution in [3.63, 3.8) is 0 Å². The van der Waals surface area contributed by atoms with Crippen molar-refractivity contribution in [1.29, 1.82) is 0 Å². The molecule has 1 amide bonds. The first-order valence-electron chi connectivity index (χ1n) is 4.79. The third-order valence-electron chi connectivity index (χ3n) is 2.08. The molecule has 1 N–H and O–H groups in total. The first-order valence-corrected chi connectivity index (χ1v) is 4.79. The van der Waals surface area contributed by atoms with E-state index in [4.69, 9.17) is 0 Å². The molecule has 0 atom stereocenters. The van der Waals surface area contributed by atoms with Crippen LogP contribution >= 0.6 is 0 Å². The van der Waals surface area contributed by atoms with Gasteiger partial charge in [-0.3, -0.25) is 4.79 Å². The Balaban J connectivity index is 2.11. The molecule has 16 heavy (non-hydrogen) atoms. The van der Waals surface area contributed by atoms with Crippen LogP contribution < -0.4 is 5.32 Å². The smallest absolute Gasteiger partial charge is 0.255 e. The highest BCUT2D eigenvalue weighted by atomic mass is 19.1. The van der Waals surface area contributed by atoms with Crippen LogP contribution in [0.15, 0.2) is 48.5 Å². The van der Waals surface area contributed by atoms with Crippen LogP contribution in [0.1, 0.15) is 10.4 Å². The van der Waals surface area contributed by atoms with Gasteiger partial charge in [0.1, 0.15) is 5.82 Å². The van der Waals surface area contributed by atoms with E-state index in [9.17, 15) is 9.18 Å². The van der Waals surface area contributed by atoms with Crippen LogP contribution in [0, 0.1) is 11.9 Å². The van der Waals surface area contributed by atoms with Crippen LogP contribution in [0.25, 0.3) is 0 Å². The summed E-state index contributed by atoms with van der Waals surface area (Å²) in [6.45, 7) is 0. The van der Waals surface area contributed by atoms with E-state index in [0.29, 0.717) is 11.3 Å². The molecular formula is C13H9FNO. The monoisotopic (exact) mass is 214 g/mol. The molecule has 3 heteroatoms. The van der Waals surface area contributed by atoms with Gasteiger partial charge in [0.05, 0.1) is 0 Å². The van der Waals surface area contributed by atoms with Gasteiger partial charge in [-0.1, -0.05) is 12.1 Å². The number of benzene rings is 2. The number of amides is 1. The van der Waals surface area contributed by atoms with E-state index in [1.807, 2.05) is 0 Å². The molecule has 0 aliphatic heterocycles. The van der Waals surface area contributed by atoms with Gasteiger partial charge in [0, 0.05) is 11.3 Å². The maximum atomic E-state index is 12.6. The number of hydrogen-bond donors (Lipinski definition) is 1. The highest BCUT2D eigenvalue weighted by molar-refractivity contribution is 6.04. The third-order valence-corrected chi connectivity index (χ3v) is 2.08. The minimum absolute atomic E-state index is 0.222. The van der Waals surface area contributed by atoms with Crippen molar-refractivity contribution < 1.29 is 9.18 Å². The molecule has 0 saturated heterocycles. The standard InChI is InChI=1S/C13H9FNO/c14-11-6-8-12(9-7-11)15-13(16)10-4-2-1-3-5-10/h2-9H,(H,15,16). The summed E-state index contributed by atoms with van der Waals surface area (Å²) in [7, 11) is 0. The highest BCUT2D eigenvalue weighted by Crippen LogP contribution is 2.10. The summed E-state index contributed by atoms with van der Waals surface area (Å²) in [5, 5.41) is 2.67. The van der Waals surface area contributed by atoms with Crippen LogP contribution in [0.5, 0.6) is 0 Å². The Morgan fingerprint density at radius 2 is 1.69 bits per heavy atom. The van der Waals surface area contributed by atoms with Crippen molar-refractivity contribution in [2.45, 2.75) is 0 Å². The van der Waals surface area contributed by atoms with Crippen molar-refractivity contribution in [2.75, 3.05) is 5.32 Å². The molecule has 0 aromatic heterocycles. The van der Waals surface area contributed by atoms with Gasteiger partial charge in [0.15, 0.2) is 0 Å². The zero-order valence-corrected chi connectivity index (χ0v) is 8.41. The zero-order valence-electron chi connectivity index (χ0n) is 8.41. The predicted octanol–water partition coefficient (Wildman–Crippen LogP) is 2.88. The van der Waals surface area contributed by atoms with Crippen molar-refractivity contribution in [3.05, 3.63) is 66.0 Å². The molecule has 0 aliphatic rings. The van der Waals surface area contributed by atoms with Gasteiger partial charge in [0.25, 0.3) is 5.91 Å². The van der Waals surface area contributed by atoms with E-state index in [2.05, 4.69) is 11.4 Å². The molecule has 0 unspecified atom stereocenters. The van der Waals surface area contributed by atoms with Gasteiger partial charge in [-0.15, -0.1) is 0 Å². The van der Waals surface area contributed by atoms with Crippen LogP contribution in [0.4, 0.5) is 10.1 Å². The first-order chi connectivity index (χ1) is 7.75. The molecule has 2 aromatic carbocycles. The van der Waals surface area contributed by atoms with Crippen LogP contribution in [-0.2, 0) is 0 Å². The minimum atomic E-state index is -0.327. The lowest BCUT2D eigenvalue weighted by atomic mass is 10.2. The molecule has 79 valence electrons. The van der Waals surface area contributed by atoms with Crippen LogP contribution in [0.3, 0.4) is 0 Å². The second-order valence-electron chi connectivity index (χ2n) is 3.25. The van der Waals surface area contributed by atoms with Gasteiger partial charge in [-0.05, 0) is 42.5 Å². The zero-order chi connectivity index (χ0) is 11.4. The Morgan fingerprint density at radius 1 is 1.06 bits per heavy atom. The maximum absolute atomic E-state index is 12.6. The molecule has 0 saturated carbocycles. The number of halogens is 1. The highest BCUT2D eigenvalue weighted by Gasteiger charge is 2.04. The van der Waals surface area contributed by atoms with E-state index in [0.717, 1.165) is 0 Å². The lowest BCUT2D eigenvalue weighted by Crippen LogP contribution is -2.11. The number of carbonyl (C=O) groups is 1. The van der Waals surface area contributed by atoms with Gasteiger partial charge in [-0.2, -0.15) is 0 Å². The molecule has 2 nitrogen and oxygen atoms in total. The summed E-state index contributed by atoms with van der Waals surface area (Å²) >= 11 is 0. The Hall–Kier alpha value is -2.16. The Morgan fingerprint density at radius 3 is 2.31 bits per heavy atom. The summed E-state index contributed by atoms with van der Waals surface area (Å²) in [6.07, 6.45) is 0. The normalized spacial score (nSPS) is 9.81. The Kier molecular flexibility index (Phi) is 2.96. The average molecular weight is 214 g/mol. The number of anilines is 1. The topological polar surface area (TPSA) is 29.1 Å². The Labute approximate surface area is 92.7 Å². The SMILES string of the molecule is O=C(Nc1ccc(F)cc1)c1cc[c]cc1. The second kappa shape index (κ2) is 4.57. The third kappa shape index (κ3) is 2.45. The van der Waals surface area contributed by atoms with Crippen molar-refractivity contribution >= 4 is 11.6 Å². The first kappa shape index (κ1) is 10.4. The quantitative estimate of drug-likeness (QED) is 0.818. The fourth-order valence-corrected chi connectivity index (χ4v) is 1.27. The van der Waals surface area contributed by atoms with Crippen LogP contribution in [0.2, 0.25) is 0 Å². The largest absolute Gasteiger partial charge is 0.322 e. The molecule has 0 aliphatic carbocycles. The molecule has 2 rings (SSSR count). The fraction of sp³-hybridized carbons (Fsp3) is 0. The van der Waals surface area contributed by atoms with Gasteiger partial charge < -0.3 is 5.32 Å².